The highest BCUT2D eigenvalue weighted by atomic mass is 32.2. The van der Waals surface area contributed by atoms with E-state index >= 15 is 0 Å². The van der Waals surface area contributed by atoms with Gasteiger partial charge in [-0.15, -0.1) is 23.1 Å². The van der Waals surface area contributed by atoms with E-state index in [-0.39, 0.29) is 11.2 Å². The zero-order chi connectivity index (χ0) is 16.8. The fourth-order valence-corrected chi connectivity index (χ4v) is 4.06. The molecule has 0 aliphatic heterocycles. The van der Waals surface area contributed by atoms with Crippen LogP contribution >= 0.6 is 23.1 Å². The number of amides is 1. The van der Waals surface area contributed by atoms with Gasteiger partial charge in [0.25, 0.3) is 0 Å². The van der Waals surface area contributed by atoms with Gasteiger partial charge in [-0.2, -0.15) is 0 Å². The van der Waals surface area contributed by atoms with E-state index in [0.717, 1.165) is 21.2 Å². The van der Waals surface area contributed by atoms with Crippen LogP contribution in [-0.2, 0) is 11.3 Å². The smallest absolute Gasteiger partial charge is 0.238 e. The zero-order valence-electron chi connectivity index (χ0n) is 13.3. The Bertz CT molecular complexity index is 787. The summed E-state index contributed by atoms with van der Waals surface area (Å²) in [4.78, 5) is 18.2. The molecule has 1 amide bonds. The molecule has 0 aliphatic rings. The van der Waals surface area contributed by atoms with Gasteiger partial charge >= 0.3 is 0 Å². The lowest BCUT2D eigenvalue weighted by atomic mass is 10.1. The molecule has 1 aromatic heterocycles. The van der Waals surface area contributed by atoms with Crippen molar-refractivity contribution in [3.8, 4) is 0 Å². The number of aromatic nitrogens is 1. The molecule has 0 fully saturated rings. The molecule has 5 heteroatoms. The van der Waals surface area contributed by atoms with Crippen molar-refractivity contribution in [1.82, 2.24) is 10.3 Å². The third kappa shape index (κ3) is 4.46. The van der Waals surface area contributed by atoms with Gasteiger partial charge in [0, 0.05) is 16.0 Å². The summed E-state index contributed by atoms with van der Waals surface area (Å²) in [5, 5.41) is 5.66. The first-order chi connectivity index (χ1) is 11.7. The quantitative estimate of drug-likeness (QED) is 0.658. The number of carbonyl (C=O) groups excluding carboxylic acids is 1. The van der Waals surface area contributed by atoms with Crippen molar-refractivity contribution >= 4 is 29.0 Å². The van der Waals surface area contributed by atoms with Crippen LogP contribution in [0.1, 0.15) is 21.5 Å². The van der Waals surface area contributed by atoms with Gasteiger partial charge in [-0.3, -0.25) is 4.79 Å². The minimum absolute atomic E-state index is 0.00269. The molecule has 1 heterocycles. The van der Waals surface area contributed by atoms with Gasteiger partial charge in [0.2, 0.25) is 5.91 Å². The zero-order valence-corrected chi connectivity index (χ0v) is 14.9. The number of hydrogen-bond donors (Lipinski definition) is 1. The maximum atomic E-state index is 12.8. The van der Waals surface area contributed by atoms with Gasteiger partial charge in [-0.05, 0) is 24.6 Å². The van der Waals surface area contributed by atoms with Crippen LogP contribution in [0.3, 0.4) is 0 Å². The molecule has 0 saturated heterocycles. The standard InChI is InChI=1S/C19H18N2OS2/c1-14-13-23-17(21-14)12-20-19(22)18(15-8-4-2-5-9-15)24-16-10-6-3-7-11-16/h2-11,13,18H,12H2,1H3,(H,20,22). The second-order valence-corrected chi connectivity index (χ2v) is 7.44. The van der Waals surface area contributed by atoms with E-state index in [1.165, 1.54) is 0 Å². The second-order valence-electron chi connectivity index (χ2n) is 5.32. The number of carbonyl (C=O) groups is 1. The van der Waals surface area contributed by atoms with Crippen molar-refractivity contribution in [3.63, 3.8) is 0 Å². The summed E-state index contributed by atoms with van der Waals surface area (Å²) < 4.78 is 0. The minimum atomic E-state index is -0.283. The van der Waals surface area contributed by atoms with Crippen LogP contribution in [0.2, 0.25) is 0 Å². The van der Waals surface area contributed by atoms with Crippen LogP contribution in [0.15, 0.2) is 70.9 Å². The highest BCUT2D eigenvalue weighted by Gasteiger charge is 2.21. The molecule has 122 valence electrons. The molecular weight excluding hydrogens is 336 g/mol. The van der Waals surface area contributed by atoms with Crippen LogP contribution in [0.4, 0.5) is 0 Å². The summed E-state index contributed by atoms with van der Waals surface area (Å²) in [7, 11) is 0. The van der Waals surface area contributed by atoms with Crippen molar-refractivity contribution in [2.45, 2.75) is 23.6 Å². The Balaban J connectivity index is 1.74. The monoisotopic (exact) mass is 354 g/mol. The molecule has 3 aromatic rings. The number of benzene rings is 2. The maximum Gasteiger partial charge on any atom is 0.238 e. The predicted molar refractivity (Wildman–Crippen MR) is 100 cm³/mol. The molecule has 3 rings (SSSR count). The lowest BCUT2D eigenvalue weighted by Crippen LogP contribution is -2.27. The largest absolute Gasteiger partial charge is 0.348 e. The number of rotatable bonds is 6. The number of hydrogen-bond acceptors (Lipinski definition) is 4. The van der Waals surface area contributed by atoms with Crippen molar-refractivity contribution in [3.05, 3.63) is 82.3 Å². The first-order valence-corrected chi connectivity index (χ1v) is 9.43. The van der Waals surface area contributed by atoms with Crippen LogP contribution in [0.5, 0.6) is 0 Å². The van der Waals surface area contributed by atoms with Crippen molar-refractivity contribution in [2.75, 3.05) is 0 Å². The Labute approximate surface area is 150 Å². The Morgan fingerprint density at radius 2 is 1.79 bits per heavy atom. The first-order valence-electron chi connectivity index (χ1n) is 7.68. The van der Waals surface area contributed by atoms with Gasteiger partial charge in [0.05, 0.1) is 6.54 Å². The van der Waals surface area contributed by atoms with E-state index in [4.69, 9.17) is 0 Å². The van der Waals surface area contributed by atoms with Gasteiger partial charge < -0.3 is 5.32 Å². The molecule has 1 unspecified atom stereocenters. The molecule has 0 radical (unpaired) electrons. The highest BCUT2D eigenvalue weighted by molar-refractivity contribution is 8.00. The Morgan fingerprint density at radius 1 is 1.12 bits per heavy atom. The molecule has 2 aromatic carbocycles. The number of nitrogens with one attached hydrogen (secondary N) is 1. The third-order valence-electron chi connectivity index (χ3n) is 3.42. The van der Waals surface area contributed by atoms with Gasteiger partial charge in [0.15, 0.2) is 0 Å². The fourth-order valence-electron chi connectivity index (χ4n) is 2.28. The molecule has 0 spiro atoms. The van der Waals surface area contributed by atoms with Gasteiger partial charge in [-0.25, -0.2) is 4.98 Å². The minimum Gasteiger partial charge on any atom is -0.348 e. The van der Waals surface area contributed by atoms with Crippen LogP contribution in [0.25, 0.3) is 0 Å². The third-order valence-corrected chi connectivity index (χ3v) is 5.65. The van der Waals surface area contributed by atoms with Crippen molar-refractivity contribution in [2.24, 2.45) is 0 Å². The van der Waals surface area contributed by atoms with Crippen molar-refractivity contribution in [1.29, 1.82) is 0 Å². The van der Waals surface area contributed by atoms with E-state index in [0.29, 0.717) is 6.54 Å². The van der Waals surface area contributed by atoms with E-state index in [1.54, 1.807) is 23.1 Å². The average molecular weight is 355 g/mol. The van der Waals surface area contributed by atoms with E-state index < -0.39 is 0 Å². The normalized spacial score (nSPS) is 11.9. The summed E-state index contributed by atoms with van der Waals surface area (Å²) in [6.07, 6.45) is 0. The molecular formula is C19H18N2OS2. The average Bonchev–Trinajstić information content (AvgIpc) is 3.04. The van der Waals surface area contributed by atoms with E-state index in [9.17, 15) is 4.79 Å². The lowest BCUT2D eigenvalue weighted by Gasteiger charge is -2.16. The molecule has 0 saturated carbocycles. The topological polar surface area (TPSA) is 42.0 Å². The Kier molecular flexibility index (Phi) is 5.67. The Morgan fingerprint density at radius 3 is 2.42 bits per heavy atom. The van der Waals surface area contributed by atoms with Gasteiger partial charge in [-0.1, -0.05) is 48.5 Å². The summed E-state index contributed by atoms with van der Waals surface area (Å²) in [6, 6.07) is 19.9. The van der Waals surface area contributed by atoms with Crippen LogP contribution < -0.4 is 5.32 Å². The molecule has 3 nitrogen and oxygen atoms in total. The molecule has 1 atom stereocenters. The van der Waals surface area contributed by atoms with Gasteiger partial charge in [0.1, 0.15) is 10.3 Å². The summed E-state index contributed by atoms with van der Waals surface area (Å²) in [5.41, 5.74) is 1.99. The predicted octanol–water partition coefficient (Wildman–Crippen LogP) is 4.60. The summed E-state index contributed by atoms with van der Waals surface area (Å²) in [5.74, 6) is 0.00269. The second kappa shape index (κ2) is 8.13. The fraction of sp³-hybridized carbons (Fsp3) is 0.158. The van der Waals surface area contributed by atoms with Crippen LogP contribution in [-0.4, -0.2) is 10.9 Å². The number of thiazole rings is 1. The first kappa shape index (κ1) is 16.7. The van der Waals surface area contributed by atoms with Crippen LogP contribution in [0, 0.1) is 6.92 Å². The summed E-state index contributed by atoms with van der Waals surface area (Å²) >= 11 is 3.13. The van der Waals surface area contributed by atoms with E-state index in [2.05, 4.69) is 10.3 Å². The van der Waals surface area contributed by atoms with Crippen molar-refractivity contribution < 1.29 is 4.79 Å². The summed E-state index contributed by atoms with van der Waals surface area (Å²) in [6.45, 7) is 2.43. The molecule has 0 aliphatic carbocycles. The number of aryl methyl sites for hydroxylation is 1. The lowest BCUT2D eigenvalue weighted by molar-refractivity contribution is -0.120. The molecule has 24 heavy (non-hydrogen) atoms. The molecule has 1 N–H and O–H groups in total. The Hall–Kier alpha value is -2.11. The van der Waals surface area contributed by atoms with E-state index in [1.807, 2.05) is 73.0 Å². The molecule has 0 bridgehead atoms. The maximum absolute atomic E-state index is 12.8. The SMILES string of the molecule is Cc1csc(CNC(=O)C(Sc2ccccc2)c2ccccc2)n1. The highest BCUT2D eigenvalue weighted by Crippen LogP contribution is 2.35. The number of nitrogens with zero attached hydrogens (tertiary/aromatic N) is 1. The number of thioether (sulfide) groups is 1.